The highest BCUT2D eigenvalue weighted by molar-refractivity contribution is 6.33. The average molecular weight is 410 g/mol. The molecule has 1 saturated carbocycles. The van der Waals surface area contributed by atoms with Crippen molar-refractivity contribution in [1.82, 2.24) is 15.6 Å². The molecule has 2 aromatic carbocycles. The summed E-state index contributed by atoms with van der Waals surface area (Å²) in [7, 11) is 0. The summed E-state index contributed by atoms with van der Waals surface area (Å²) in [5.41, 5.74) is 2.37. The van der Waals surface area contributed by atoms with Crippen molar-refractivity contribution in [3.63, 3.8) is 0 Å². The first-order valence-corrected chi connectivity index (χ1v) is 10.4. The van der Waals surface area contributed by atoms with Gasteiger partial charge in [-0.2, -0.15) is 0 Å². The number of amides is 2. The molecule has 1 aliphatic carbocycles. The Hall–Kier alpha value is -2.79. The molecule has 1 fully saturated rings. The van der Waals surface area contributed by atoms with Crippen molar-refractivity contribution in [2.45, 2.75) is 44.2 Å². The molecular weight excluding hydrogens is 386 g/mol. The minimum Gasteiger partial charge on any atom is -0.361 e. The molecule has 0 saturated heterocycles. The van der Waals surface area contributed by atoms with E-state index in [2.05, 4.69) is 15.6 Å². The number of hydrogen-bond donors (Lipinski definition) is 3. The van der Waals surface area contributed by atoms with Gasteiger partial charge in [-0.3, -0.25) is 9.59 Å². The zero-order chi connectivity index (χ0) is 20.2. The van der Waals surface area contributed by atoms with Crippen LogP contribution in [0.15, 0.2) is 54.7 Å². The number of benzene rings is 2. The van der Waals surface area contributed by atoms with Crippen LogP contribution < -0.4 is 10.6 Å². The molecule has 150 valence electrons. The third kappa shape index (κ3) is 4.46. The summed E-state index contributed by atoms with van der Waals surface area (Å²) >= 11 is 6.17. The van der Waals surface area contributed by atoms with Crippen LogP contribution in [-0.2, 0) is 11.2 Å². The summed E-state index contributed by atoms with van der Waals surface area (Å²) in [4.78, 5) is 29.1. The smallest absolute Gasteiger partial charge is 0.253 e. The molecule has 1 atom stereocenters. The molecule has 0 spiro atoms. The molecule has 1 heterocycles. The van der Waals surface area contributed by atoms with Crippen LogP contribution in [0.5, 0.6) is 0 Å². The second-order valence-corrected chi connectivity index (χ2v) is 7.97. The van der Waals surface area contributed by atoms with E-state index in [1.807, 2.05) is 30.5 Å². The lowest BCUT2D eigenvalue weighted by Crippen LogP contribution is -2.50. The summed E-state index contributed by atoms with van der Waals surface area (Å²) in [5, 5.41) is 7.44. The first-order valence-electron chi connectivity index (χ1n) is 10.0. The number of carbonyl (C=O) groups excluding carboxylic acids is 2. The number of rotatable bonds is 6. The van der Waals surface area contributed by atoms with Gasteiger partial charge in [0, 0.05) is 29.6 Å². The van der Waals surface area contributed by atoms with Crippen LogP contribution in [0.2, 0.25) is 5.02 Å². The van der Waals surface area contributed by atoms with Gasteiger partial charge in [0.25, 0.3) is 5.91 Å². The molecule has 0 unspecified atom stereocenters. The fourth-order valence-corrected chi connectivity index (χ4v) is 4.20. The van der Waals surface area contributed by atoms with Crippen LogP contribution >= 0.6 is 11.6 Å². The number of aromatic nitrogens is 1. The molecule has 1 aliphatic rings. The van der Waals surface area contributed by atoms with Gasteiger partial charge in [0.2, 0.25) is 5.91 Å². The second-order valence-electron chi connectivity index (χ2n) is 7.56. The largest absolute Gasteiger partial charge is 0.361 e. The van der Waals surface area contributed by atoms with Gasteiger partial charge in [-0.05, 0) is 36.6 Å². The summed E-state index contributed by atoms with van der Waals surface area (Å²) in [5.74, 6) is -0.496. The first kappa shape index (κ1) is 19.5. The van der Waals surface area contributed by atoms with Gasteiger partial charge in [0.1, 0.15) is 6.04 Å². The zero-order valence-corrected chi connectivity index (χ0v) is 16.8. The highest BCUT2D eigenvalue weighted by Crippen LogP contribution is 2.21. The molecule has 1 aromatic heterocycles. The molecule has 5 nitrogen and oxygen atoms in total. The number of fused-ring (bicyclic) bond motifs is 1. The van der Waals surface area contributed by atoms with E-state index in [0.717, 1.165) is 42.1 Å². The standard InChI is InChI=1S/C23H24ClN3O2/c24-19-11-5-3-10-18(19)22(28)27-21(23(29)26-16-7-1-2-8-16)13-15-14-25-20-12-6-4-9-17(15)20/h3-6,9-12,14,16,21,25H,1-2,7-8,13H2,(H,26,29)(H,27,28)/t21-/m0/s1. The van der Waals surface area contributed by atoms with Crippen molar-refractivity contribution in [2.75, 3.05) is 0 Å². The van der Waals surface area contributed by atoms with Crippen molar-refractivity contribution in [1.29, 1.82) is 0 Å². The molecule has 0 aliphatic heterocycles. The van der Waals surface area contributed by atoms with Gasteiger partial charge < -0.3 is 15.6 Å². The fourth-order valence-electron chi connectivity index (χ4n) is 3.98. The monoisotopic (exact) mass is 409 g/mol. The predicted molar refractivity (Wildman–Crippen MR) is 115 cm³/mol. The SMILES string of the molecule is O=C(N[C@@H](Cc1c[nH]c2ccccc12)C(=O)NC1CCCC1)c1ccccc1Cl. The van der Waals surface area contributed by atoms with Crippen LogP contribution in [0.25, 0.3) is 10.9 Å². The minimum absolute atomic E-state index is 0.150. The van der Waals surface area contributed by atoms with E-state index in [1.54, 1.807) is 24.3 Å². The zero-order valence-electron chi connectivity index (χ0n) is 16.1. The van der Waals surface area contributed by atoms with Gasteiger partial charge in [-0.15, -0.1) is 0 Å². The van der Waals surface area contributed by atoms with Crippen molar-refractivity contribution in [3.05, 3.63) is 70.9 Å². The fraction of sp³-hybridized carbons (Fsp3) is 0.304. The number of H-pyrrole nitrogens is 1. The molecule has 4 rings (SSSR count). The maximum atomic E-state index is 13.0. The normalized spacial score (nSPS) is 15.3. The van der Waals surface area contributed by atoms with E-state index in [0.29, 0.717) is 17.0 Å². The second kappa shape index (κ2) is 8.70. The van der Waals surface area contributed by atoms with Gasteiger partial charge >= 0.3 is 0 Å². The number of para-hydroxylation sites is 1. The summed E-state index contributed by atoms with van der Waals surface area (Å²) in [6.45, 7) is 0. The highest BCUT2D eigenvalue weighted by Gasteiger charge is 2.27. The molecule has 3 N–H and O–H groups in total. The van der Waals surface area contributed by atoms with Crippen molar-refractivity contribution < 1.29 is 9.59 Å². The Kier molecular flexibility index (Phi) is 5.86. The molecule has 29 heavy (non-hydrogen) atoms. The summed E-state index contributed by atoms with van der Waals surface area (Å²) in [6.07, 6.45) is 6.54. The van der Waals surface area contributed by atoms with Crippen LogP contribution in [0, 0.1) is 0 Å². The van der Waals surface area contributed by atoms with Gasteiger partial charge in [-0.25, -0.2) is 0 Å². The highest BCUT2D eigenvalue weighted by atomic mass is 35.5. The Bertz CT molecular complexity index is 1020. The maximum absolute atomic E-state index is 13.0. The molecule has 2 amide bonds. The Morgan fingerprint density at radius 1 is 1.07 bits per heavy atom. The van der Waals surface area contributed by atoms with Crippen LogP contribution in [0.1, 0.15) is 41.6 Å². The van der Waals surface area contributed by atoms with Crippen LogP contribution in [-0.4, -0.2) is 28.9 Å². The topological polar surface area (TPSA) is 74.0 Å². The first-order chi connectivity index (χ1) is 14.1. The van der Waals surface area contributed by atoms with Crippen LogP contribution in [0.3, 0.4) is 0 Å². The molecule has 3 aromatic rings. The number of hydrogen-bond acceptors (Lipinski definition) is 2. The summed E-state index contributed by atoms with van der Waals surface area (Å²) < 4.78 is 0. The van der Waals surface area contributed by atoms with Crippen molar-refractivity contribution in [2.24, 2.45) is 0 Å². The number of aromatic amines is 1. The molecule has 0 radical (unpaired) electrons. The van der Waals surface area contributed by atoms with E-state index < -0.39 is 6.04 Å². The van der Waals surface area contributed by atoms with Crippen molar-refractivity contribution in [3.8, 4) is 0 Å². The van der Waals surface area contributed by atoms with E-state index in [9.17, 15) is 9.59 Å². The summed E-state index contributed by atoms with van der Waals surface area (Å²) in [6, 6.07) is 14.3. The maximum Gasteiger partial charge on any atom is 0.253 e. The molecule has 0 bridgehead atoms. The lowest BCUT2D eigenvalue weighted by molar-refractivity contribution is -0.123. The van der Waals surface area contributed by atoms with E-state index in [1.165, 1.54) is 0 Å². The predicted octanol–water partition coefficient (Wildman–Crippen LogP) is 4.22. The van der Waals surface area contributed by atoms with E-state index in [-0.39, 0.29) is 17.9 Å². The van der Waals surface area contributed by atoms with E-state index in [4.69, 9.17) is 11.6 Å². The Morgan fingerprint density at radius 3 is 2.59 bits per heavy atom. The lowest BCUT2D eigenvalue weighted by Gasteiger charge is -2.21. The Balaban J connectivity index is 1.57. The lowest BCUT2D eigenvalue weighted by atomic mass is 10.0. The number of halogens is 1. The number of nitrogens with one attached hydrogen (secondary N) is 3. The van der Waals surface area contributed by atoms with Crippen molar-refractivity contribution >= 4 is 34.3 Å². The van der Waals surface area contributed by atoms with Gasteiger partial charge in [0.15, 0.2) is 0 Å². The third-order valence-electron chi connectivity index (χ3n) is 5.54. The quantitative estimate of drug-likeness (QED) is 0.570. The average Bonchev–Trinajstić information content (AvgIpc) is 3.38. The Labute approximate surface area is 174 Å². The molecular formula is C23H24ClN3O2. The van der Waals surface area contributed by atoms with Crippen LogP contribution in [0.4, 0.5) is 0 Å². The minimum atomic E-state index is -0.682. The van der Waals surface area contributed by atoms with E-state index >= 15 is 0 Å². The Morgan fingerprint density at radius 2 is 1.79 bits per heavy atom. The third-order valence-corrected chi connectivity index (χ3v) is 5.87. The van der Waals surface area contributed by atoms with Gasteiger partial charge in [-0.1, -0.05) is 54.8 Å². The van der Waals surface area contributed by atoms with Gasteiger partial charge in [0.05, 0.1) is 10.6 Å². The number of carbonyl (C=O) groups is 2. The molecule has 6 heteroatoms.